The van der Waals surface area contributed by atoms with Gasteiger partial charge in [0.15, 0.2) is 0 Å². The van der Waals surface area contributed by atoms with Crippen molar-refractivity contribution in [2.75, 3.05) is 51.3 Å². The first-order chi connectivity index (χ1) is 17.5. The van der Waals surface area contributed by atoms with E-state index in [1.54, 1.807) is 13.4 Å². The van der Waals surface area contributed by atoms with Crippen molar-refractivity contribution in [1.82, 2.24) is 19.8 Å². The monoisotopic (exact) mass is 513 g/mol. The van der Waals surface area contributed by atoms with Gasteiger partial charge in [0.25, 0.3) is 0 Å². The Morgan fingerprint density at radius 2 is 1.89 bits per heavy atom. The second-order valence-corrected chi connectivity index (χ2v) is 10.7. The molecule has 1 N–H and O–H groups in total. The van der Waals surface area contributed by atoms with E-state index in [1.165, 1.54) is 0 Å². The summed E-state index contributed by atoms with van der Waals surface area (Å²) in [6, 6.07) is 7.68. The van der Waals surface area contributed by atoms with E-state index in [0.717, 1.165) is 48.4 Å². The summed E-state index contributed by atoms with van der Waals surface area (Å²) in [6.45, 7) is 6.36. The summed E-state index contributed by atoms with van der Waals surface area (Å²) in [4.78, 5) is 29.4. The Morgan fingerprint density at radius 3 is 2.61 bits per heavy atom. The lowest BCUT2D eigenvalue weighted by Gasteiger charge is -2.40. The minimum Gasteiger partial charge on any atom is -0.387 e. The molecule has 0 saturated carbocycles. The largest absolute Gasteiger partial charge is 0.387 e. The standard InChI is InChI=1S/C27H36ClN5O3/c1-18-15-22(34)25-24(18)26(30-17-29-25)31-11-13-32(14-12-31)27(35)21(19-6-8-20(28)9-7-19)16-33-10-4-3-5-23(33)36-2/h6-9,17-18,21-23,34H,3-5,10-16H2,1-2H3/t18-,21?,22-,23+/m1/s1. The van der Waals surface area contributed by atoms with Crippen LogP contribution in [0.2, 0.25) is 5.02 Å². The number of aromatic nitrogens is 2. The molecule has 0 spiro atoms. The number of fused-ring (bicyclic) bond motifs is 1. The number of halogens is 1. The van der Waals surface area contributed by atoms with Crippen molar-refractivity contribution in [3.8, 4) is 0 Å². The van der Waals surface area contributed by atoms with Gasteiger partial charge in [0.05, 0.1) is 17.7 Å². The van der Waals surface area contributed by atoms with Gasteiger partial charge in [-0.2, -0.15) is 0 Å². The fourth-order valence-electron chi connectivity index (χ4n) is 6.01. The maximum absolute atomic E-state index is 13.9. The molecule has 3 heterocycles. The molecule has 5 rings (SSSR count). The van der Waals surface area contributed by atoms with Crippen LogP contribution in [0.25, 0.3) is 0 Å². The lowest BCUT2D eigenvalue weighted by atomic mass is 9.95. The maximum Gasteiger partial charge on any atom is 0.231 e. The number of carbonyl (C=O) groups excluding carboxylic acids is 1. The van der Waals surface area contributed by atoms with Gasteiger partial charge < -0.3 is 19.6 Å². The molecule has 194 valence electrons. The van der Waals surface area contributed by atoms with E-state index in [9.17, 15) is 9.90 Å². The summed E-state index contributed by atoms with van der Waals surface area (Å²) in [5.74, 6) is 0.997. The van der Waals surface area contributed by atoms with Gasteiger partial charge in [0, 0.05) is 57.0 Å². The van der Waals surface area contributed by atoms with Crippen LogP contribution >= 0.6 is 11.6 Å². The number of rotatable bonds is 6. The number of hydrogen-bond donors (Lipinski definition) is 1. The molecule has 2 saturated heterocycles. The molecule has 0 bridgehead atoms. The molecular formula is C27H36ClN5O3. The molecule has 1 aliphatic carbocycles. The lowest BCUT2D eigenvalue weighted by Crippen LogP contribution is -2.52. The van der Waals surface area contributed by atoms with Crippen LogP contribution < -0.4 is 4.90 Å². The first kappa shape index (κ1) is 25.4. The number of aliphatic hydroxyl groups is 1. The smallest absolute Gasteiger partial charge is 0.231 e. The highest BCUT2D eigenvalue weighted by Crippen LogP contribution is 2.42. The average Bonchev–Trinajstić information content (AvgIpc) is 3.21. The number of piperidine rings is 1. The minimum absolute atomic E-state index is 0.0513. The Bertz CT molecular complexity index is 1060. The van der Waals surface area contributed by atoms with E-state index in [1.807, 2.05) is 29.2 Å². The second-order valence-electron chi connectivity index (χ2n) is 10.2. The molecule has 2 fully saturated rings. The van der Waals surface area contributed by atoms with Gasteiger partial charge in [0.1, 0.15) is 18.4 Å². The first-order valence-corrected chi connectivity index (χ1v) is 13.4. The molecule has 0 radical (unpaired) electrons. The zero-order chi connectivity index (χ0) is 25.2. The number of benzene rings is 1. The first-order valence-electron chi connectivity index (χ1n) is 13.0. The minimum atomic E-state index is -0.523. The molecule has 8 nitrogen and oxygen atoms in total. The van der Waals surface area contributed by atoms with E-state index in [4.69, 9.17) is 16.3 Å². The van der Waals surface area contributed by atoms with E-state index < -0.39 is 6.10 Å². The number of nitrogens with zero attached hydrogens (tertiary/aromatic N) is 5. The topological polar surface area (TPSA) is 82.0 Å². The summed E-state index contributed by atoms with van der Waals surface area (Å²) >= 11 is 6.16. The highest BCUT2D eigenvalue weighted by Gasteiger charge is 2.36. The molecule has 2 aromatic rings. The van der Waals surface area contributed by atoms with Crippen LogP contribution in [-0.2, 0) is 9.53 Å². The highest BCUT2D eigenvalue weighted by atomic mass is 35.5. The number of amides is 1. The Hall–Kier alpha value is -2.26. The molecule has 36 heavy (non-hydrogen) atoms. The van der Waals surface area contributed by atoms with E-state index in [0.29, 0.717) is 44.2 Å². The Morgan fingerprint density at radius 1 is 1.14 bits per heavy atom. The van der Waals surface area contributed by atoms with Gasteiger partial charge >= 0.3 is 0 Å². The molecular weight excluding hydrogens is 478 g/mol. The van der Waals surface area contributed by atoms with Gasteiger partial charge in [-0.25, -0.2) is 9.97 Å². The van der Waals surface area contributed by atoms with Crippen molar-refractivity contribution >= 4 is 23.3 Å². The normalized spacial score (nSPS) is 25.6. The number of likely N-dealkylation sites (tertiary alicyclic amines) is 1. The molecule has 4 atom stereocenters. The van der Waals surface area contributed by atoms with Crippen LogP contribution in [-0.4, -0.2) is 83.4 Å². The van der Waals surface area contributed by atoms with Gasteiger partial charge in [-0.15, -0.1) is 0 Å². The van der Waals surface area contributed by atoms with Crippen LogP contribution in [0, 0.1) is 0 Å². The van der Waals surface area contributed by atoms with Crippen molar-refractivity contribution in [3.05, 3.63) is 52.4 Å². The van der Waals surface area contributed by atoms with Crippen molar-refractivity contribution < 1.29 is 14.6 Å². The van der Waals surface area contributed by atoms with Crippen molar-refractivity contribution in [3.63, 3.8) is 0 Å². The van der Waals surface area contributed by atoms with Crippen LogP contribution in [0.15, 0.2) is 30.6 Å². The van der Waals surface area contributed by atoms with Gasteiger partial charge in [-0.05, 0) is 49.3 Å². The second kappa shape index (κ2) is 11.0. The van der Waals surface area contributed by atoms with Gasteiger partial charge in [-0.1, -0.05) is 30.7 Å². The van der Waals surface area contributed by atoms with Crippen LogP contribution in [0.4, 0.5) is 5.82 Å². The summed E-state index contributed by atoms with van der Waals surface area (Å²) in [6.07, 6.45) is 5.03. The number of carbonyl (C=O) groups is 1. The fourth-order valence-corrected chi connectivity index (χ4v) is 6.13. The molecule has 2 aliphatic heterocycles. The Labute approximate surface area is 218 Å². The van der Waals surface area contributed by atoms with Crippen LogP contribution in [0.1, 0.15) is 67.4 Å². The third-order valence-corrected chi connectivity index (χ3v) is 8.24. The predicted molar refractivity (Wildman–Crippen MR) is 139 cm³/mol. The molecule has 1 amide bonds. The number of ether oxygens (including phenoxy) is 1. The average molecular weight is 514 g/mol. The predicted octanol–water partition coefficient (Wildman–Crippen LogP) is 3.56. The van der Waals surface area contributed by atoms with E-state index in [-0.39, 0.29) is 24.0 Å². The fraction of sp³-hybridized carbons (Fsp3) is 0.593. The third kappa shape index (κ3) is 5.09. The quantitative estimate of drug-likeness (QED) is 0.632. The van der Waals surface area contributed by atoms with Crippen molar-refractivity contribution in [2.45, 2.75) is 56.8 Å². The van der Waals surface area contributed by atoms with Crippen molar-refractivity contribution in [1.29, 1.82) is 0 Å². The number of piperazine rings is 1. The third-order valence-electron chi connectivity index (χ3n) is 7.98. The van der Waals surface area contributed by atoms with Crippen molar-refractivity contribution in [2.24, 2.45) is 0 Å². The van der Waals surface area contributed by atoms with Gasteiger partial charge in [-0.3, -0.25) is 9.69 Å². The number of hydrogen-bond acceptors (Lipinski definition) is 7. The molecule has 9 heteroatoms. The SMILES string of the molecule is CO[C@H]1CCCCN1CC(C(=O)N1CCN(c2ncnc3c2[C@H](C)C[C@H]3O)CC1)c1ccc(Cl)cc1. The highest BCUT2D eigenvalue weighted by molar-refractivity contribution is 6.30. The van der Waals surface area contributed by atoms with Gasteiger partial charge in [0.2, 0.25) is 5.91 Å². The van der Waals surface area contributed by atoms with Crippen LogP contribution in [0.3, 0.4) is 0 Å². The Kier molecular flexibility index (Phi) is 7.76. The maximum atomic E-state index is 13.9. The lowest BCUT2D eigenvalue weighted by molar-refractivity contribution is -0.135. The summed E-state index contributed by atoms with van der Waals surface area (Å²) in [5, 5.41) is 11.0. The van der Waals surface area contributed by atoms with Crippen LogP contribution in [0.5, 0.6) is 0 Å². The van der Waals surface area contributed by atoms with E-state index in [2.05, 4.69) is 26.7 Å². The zero-order valence-corrected chi connectivity index (χ0v) is 21.9. The van der Waals surface area contributed by atoms with E-state index >= 15 is 0 Å². The molecule has 1 aromatic carbocycles. The number of aliphatic hydroxyl groups excluding tert-OH is 1. The molecule has 1 aromatic heterocycles. The summed E-state index contributed by atoms with van der Waals surface area (Å²) < 4.78 is 5.74. The summed E-state index contributed by atoms with van der Waals surface area (Å²) in [7, 11) is 1.76. The Balaban J connectivity index is 1.32. The molecule has 1 unspecified atom stereocenters. The summed E-state index contributed by atoms with van der Waals surface area (Å²) in [5.41, 5.74) is 2.80. The number of methoxy groups -OCH3 is 1. The number of anilines is 1. The zero-order valence-electron chi connectivity index (χ0n) is 21.1. The molecule has 3 aliphatic rings.